The summed E-state index contributed by atoms with van der Waals surface area (Å²) in [6.07, 6.45) is -2.10. The summed E-state index contributed by atoms with van der Waals surface area (Å²) in [5.74, 6) is -4.48. The molecular formula is C19H17Cl2NO6. The highest BCUT2D eigenvalue weighted by Crippen LogP contribution is 2.28. The summed E-state index contributed by atoms with van der Waals surface area (Å²) in [5, 5.41) is 30.3. The van der Waals surface area contributed by atoms with Crippen molar-refractivity contribution in [1.29, 1.82) is 0 Å². The van der Waals surface area contributed by atoms with Crippen LogP contribution in [-0.4, -0.2) is 45.3 Å². The van der Waals surface area contributed by atoms with Crippen LogP contribution in [0.5, 0.6) is 0 Å². The molecular weight excluding hydrogens is 409 g/mol. The van der Waals surface area contributed by atoms with Gasteiger partial charge in [-0.05, 0) is 41.3 Å². The number of carboxylic acid groups (broad SMARTS) is 2. The Balaban J connectivity index is 2.23. The summed E-state index contributed by atoms with van der Waals surface area (Å²) in [7, 11) is 0. The molecule has 0 unspecified atom stereocenters. The van der Waals surface area contributed by atoms with Gasteiger partial charge in [0, 0.05) is 22.5 Å². The predicted octanol–water partition coefficient (Wildman–Crippen LogP) is 2.61. The highest BCUT2D eigenvalue weighted by atomic mass is 35.5. The lowest BCUT2D eigenvalue weighted by Crippen LogP contribution is -2.43. The summed E-state index contributed by atoms with van der Waals surface area (Å²) in [5.41, 5.74) is 2.20. The van der Waals surface area contributed by atoms with E-state index < -0.39 is 30.0 Å². The van der Waals surface area contributed by atoms with Crippen molar-refractivity contribution in [2.45, 2.75) is 25.0 Å². The predicted molar refractivity (Wildman–Crippen MR) is 103 cm³/mol. The summed E-state index contributed by atoms with van der Waals surface area (Å²) >= 11 is 12.3. The number of hydrogen-bond donors (Lipinski definition) is 4. The van der Waals surface area contributed by atoms with E-state index in [4.69, 9.17) is 33.4 Å². The van der Waals surface area contributed by atoms with Gasteiger partial charge in [0.05, 0.1) is 0 Å². The second kappa shape index (κ2) is 9.54. The maximum absolute atomic E-state index is 11.5. The van der Waals surface area contributed by atoms with Crippen LogP contribution in [0.2, 0.25) is 10.0 Å². The van der Waals surface area contributed by atoms with Crippen molar-refractivity contribution in [2.75, 3.05) is 0 Å². The van der Waals surface area contributed by atoms with Crippen molar-refractivity contribution < 1.29 is 29.7 Å². The van der Waals surface area contributed by atoms with Gasteiger partial charge in [-0.3, -0.25) is 4.79 Å². The molecule has 2 rings (SSSR count). The number of benzene rings is 2. The van der Waals surface area contributed by atoms with E-state index in [0.717, 1.165) is 11.1 Å². The smallest absolute Gasteiger partial charge is 0.394 e. The highest BCUT2D eigenvalue weighted by molar-refractivity contribution is 6.32. The second-order valence-corrected chi connectivity index (χ2v) is 6.93. The third-order valence-corrected chi connectivity index (χ3v) is 4.59. The fourth-order valence-corrected chi connectivity index (χ4v) is 3.08. The number of rotatable bonds is 7. The van der Waals surface area contributed by atoms with Gasteiger partial charge in [0.25, 0.3) is 0 Å². The minimum Gasteiger partial charge on any atom is -0.479 e. The minimum atomic E-state index is -1.76. The molecule has 0 aromatic heterocycles. The first-order valence-corrected chi connectivity index (χ1v) is 8.92. The van der Waals surface area contributed by atoms with Crippen LogP contribution < -0.4 is 5.32 Å². The lowest BCUT2D eigenvalue weighted by Gasteiger charge is -2.20. The Labute approximate surface area is 170 Å². The molecule has 0 aliphatic heterocycles. The van der Waals surface area contributed by atoms with Crippen LogP contribution >= 0.6 is 23.2 Å². The number of halogens is 2. The molecule has 0 radical (unpaired) electrons. The first kappa shape index (κ1) is 21.7. The maximum atomic E-state index is 11.5. The third kappa shape index (κ3) is 5.95. The van der Waals surface area contributed by atoms with Crippen LogP contribution in [0.4, 0.5) is 0 Å². The Morgan fingerprint density at radius 1 is 1.00 bits per heavy atom. The highest BCUT2D eigenvalue weighted by Gasteiger charge is 2.24. The SMILES string of the molecule is O=C(O)C(=O)N[C@H](Cc1ccc(-c2cccc(Cl)c2)cc1Cl)C[C@@H](O)C(=O)O. The van der Waals surface area contributed by atoms with Gasteiger partial charge >= 0.3 is 17.8 Å². The van der Waals surface area contributed by atoms with Gasteiger partial charge in [-0.25, -0.2) is 9.59 Å². The molecule has 0 saturated heterocycles. The van der Waals surface area contributed by atoms with Gasteiger partial charge in [0.1, 0.15) is 0 Å². The molecule has 2 atom stereocenters. The van der Waals surface area contributed by atoms with Crippen molar-refractivity contribution in [2.24, 2.45) is 0 Å². The van der Waals surface area contributed by atoms with Gasteiger partial charge in [-0.1, -0.05) is 47.5 Å². The van der Waals surface area contributed by atoms with E-state index in [1.165, 1.54) is 0 Å². The molecule has 0 aliphatic rings. The fourth-order valence-electron chi connectivity index (χ4n) is 2.64. The lowest BCUT2D eigenvalue weighted by atomic mass is 9.97. The summed E-state index contributed by atoms with van der Waals surface area (Å²) < 4.78 is 0. The van der Waals surface area contributed by atoms with Gasteiger partial charge in [-0.2, -0.15) is 0 Å². The minimum absolute atomic E-state index is 0.0397. The Morgan fingerprint density at radius 2 is 1.68 bits per heavy atom. The molecule has 28 heavy (non-hydrogen) atoms. The molecule has 9 heteroatoms. The number of carboxylic acids is 2. The Kier molecular flexibility index (Phi) is 7.39. The fraction of sp³-hybridized carbons (Fsp3) is 0.211. The molecule has 1 amide bonds. The van der Waals surface area contributed by atoms with E-state index in [1.807, 2.05) is 6.07 Å². The first-order valence-electron chi connectivity index (χ1n) is 8.16. The summed E-state index contributed by atoms with van der Waals surface area (Å²) in [4.78, 5) is 33.1. The van der Waals surface area contributed by atoms with Gasteiger partial charge in [0.2, 0.25) is 0 Å². The molecule has 0 saturated carbocycles. The summed E-state index contributed by atoms with van der Waals surface area (Å²) in [6, 6.07) is 11.4. The monoisotopic (exact) mass is 425 g/mol. The zero-order valence-electron chi connectivity index (χ0n) is 14.4. The van der Waals surface area contributed by atoms with Gasteiger partial charge in [-0.15, -0.1) is 0 Å². The van der Waals surface area contributed by atoms with Crippen molar-refractivity contribution in [3.63, 3.8) is 0 Å². The number of carbonyl (C=O) groups is 3. The second-order valence-electron chi connectivity index (χ2n) is 6.09. The number of amides is 1. The standard InChI is InChI=1S/C19H17Cl2NO6/c20-13-3-1-2-10(6-13)11-4-5-12(15(21)8-11)7-14(9-16(23)18(25)26)22-17(24)19(27)28/h1-6,8,14,16,23H,7,9H2,(H,22,24)(H,25,26)(H,27,28)/t14-,16-/m1/s1. The van der Waals surface area contributed by atoms with Crippen LogP contribution in [0.25, 0.3) is 11.1 Å². The largest absolute Gasteiger partial charge is 0.479 e. The summed E-state index contributed by atoms with van der Waals surface area (Å²) in [6.45, 7) is 0. The number of aliphatic hydroxyl groups excluding tert-OH is 1. The molecule has 148 valence electrons. The van der Waals surface area contributed by atoms with Crippen LogP contribution in [0.15, 0.2) is 42.5 Å². The Hall–Kier alpha value is -2.61. The van der Waals surface area contributed by atoms with E-state index in [9.17, 15) is 19.5 Å². The van der Waals surface area contributed by atoms with Crippen molar-refractivity contribution in [3.8, 4) is 11.1 Å². The average molecular weight is 426 g/mol. The zero-order valence-corrected chi connectivity index (χ0v) is 15.9. The van der Waals surface area contributed by atoms with Gasteiger partial charge < -0.3 is 20.6 Å². The number of aliphatic hydroxyl groups is 1. The van der Waals surface area contributed by atoms with Crippen LogP contribution in [0, 0.1) is 0 Å². The molecule has 2 aromatic rings. The van der Waals surface area contributed by atoms with Crippen LogP contribution in [0.3, 0.4) is 0 Å². The number of aliphatic carboxylic acids is 2. The van der Waals surface area contributed by atoms with E-state index >= 15 is 0 Å². The molecule has 0 fully saturated rings. The topological polar surface area (TPSA) is 124 Å². The number of hydrogen-bond acceptors (Lipinski definition) is 4. The normalized spacial score (nSPS) is 12.8. The van der Waals surface area contributed by atoms with E-state index in [-0.39, 0.29) is 12.8 Å². The molecule has 0 aliphatic carbocycles. The Bertz CT molecular complexity index is 902. The van der Waals surface area contributed by atoms with E-state index in [2.05, 4.69) is 5.32 Å². The molecule has 0 heterocycles. The van der Waals surface area contributed by atoms with Crippen LogP contribution in [-0.2, 0) is 20.8 Å². The number of carbonyl (C=O) groups excluding carboxylic acids is 1. The van der Waals surface area contributed by atoms with E-state index in [1.54, 1.807) is 36.4 Å². The van der Waals surface area contributed by atoms with E-state index in [0.29, 0.717) is 15.6 Å². The Morgan fingerprint density at radius 3 is 2.25 bits per heavy atom. The van der Waals surface area contributed by atoms with Crippen LogP contribution in [0.1, 0.15) is 12.0 Å². The van der Waals surface area contributed by atoms with Crippen molar-refractivity contribution in [1.82, 2.24) is 5.32 Å². The maximum Gasteiger partial charge on any atom is 0.394 e. The van der Waals surface area contributed by atoms with Crippen molar-refractivity contribution in [3.05, 3.63) is 58.1 Å². The van der Waals surface area contributed by atoms with Gasteiger partial charge in [0.15, 0.2) is 6.10 Å². The average Bonchev–Trinajstić information content (AvgIpc) is 2.62. The molecule has 0 spiro atoms. The number of nitrogens with one attached hydrogen (secondary N) is 1. The van der Waals surface area contributed by atoms with Crippen molar-refractivity contribution >= 4 is 41.0 Å². The first-order chi connectivity index (χ1) is 13.2. The molecule has 4 N–H and O–H groups in total. The molecule has 0 bridgehead atoms. The molecule has 2 aromatic carbocycles. The third-order valence-electron chi connectivity index (χ3n) is 4.00. The quantitative estimate of drug-likeness (QED) is 0.505. The molecule has 7 nitrogen and oxygen atoms in total. The lowest BCUT2D eigenvalue weighted by molar-refractivity contribution is -0.151. The zero-order chi connectivity index (χ0) is 20.8.